The number of hydrogen-bond acceptors (Lipinski definition) is 2. The summed E-state index contributed by atoms with van der Waals surface area (Å²) in [6, 6.07) is 13.3. The predicted octanol–water partition coefficient (Wildman–Crippen LogP) is 4.40. The van der Waals surface area contributed by atoms with Crippen molar-refractivity contribution in [3.05, 3.63) is 63.1 Å². The molecule has 0 atom stereocenters. The number of hydrogen-bond donors (Lipinski definition) is 1. The van der Waals surface area contributed by atoms with E-state index in [2.05, 4.69) is 15.9 Å². The van der Waals surface area contributed by atoms with E-state index >= 15 is 0 Å². The molecule has 4 heteroatoms. The molecule has 2 N–H and O–H groups in total. The summed E-state index contributed by atoms with van der Waals surface area (Å²) in [5, 5.41) is 0.736. The maximum atomic E-state index is 5.82. The summed E-state index contributed by atoms with van der Waals surface area (Å²) in [4.78, 5) is 0. The Bertz CT molecular complexity index is 528. The molecule has 2 aromatic carbocycles. The highest BCUT2D eigenvalue weighted by Crippen LogP contribution is 2.21. The third kappa shape index (κ3) is 3.73. The van der Waals surface area contributed by atoms with E-state index in [0.29, 0.717) is 13.2 Å². The van der Waals surface area contributed by atoms with Gasteiger partial charge in [0.25, 0.3) is 0 Å². The Morgan fingerprint density at radius 1 is 1.06 bits per heavy atom. The van der Waals surface area contributed by atoms with Crippen molar-refractivity contribution in [2.45, 2.75) is 13.2 Å². The molecular weight excluding hydrogens is 314 g/mol. The fourth-order valence-corrected chi connectivity index (χ4v) is 2.18. The summed E-state index contributed by atoms with van der Waals surface area (Å²) in [5.74, 6) is 0. The molecule has 0 radical (unpaired) electrons. The molecule has 0 aliphatic rings. The number of ether oxygens (including phenoxy) is 1. The SMILES string of the molecule is Nc1ccc(COCc2ccc(Cl)cc2)c(Br)c1. The van der Waals surface area contributed by atoms with E-state index < -0.39 is 0 Å². The van der Waals surface area contributed by atoms with Gasteiger partial charge in [-0.05, 0) is 35.4 Å². The predicted molar refractivity (Wildman–Crippen MR) is 78.5 cm³/mol. The van der Waals surface area contributed by atoms with Gasteiger partial charge in [-0.3, -0.25) is 0 Å². The second-order valence-electron chi connectivity index (χ2n) is 3.97. The van der Waals surface area contributed by atoms with Crippen molar-refractivity contribution >= 4 is 33.2 Å². The lowest BCUT2D eigenvalue weighted by atomic mass is 10.2. The number of benzene rings is 2. The molecule has 2 aromatic rings. The molecule has 0 spiro atoms. The highest BCUT2D eigenvalue weighted by Gasteiger charge is 2.01. The molecule has 2 rings (SSSR count). The average Bonchev–Trinajstić information content (AvgIpc) is 2.34. The molecule has 0 bridgehead atoms. The lowest BCUT2D eigenvalue weighted by Gasteiger charge is -2.07. The van der Waals surface area contributed by atoms with E-state index in [9.17, 15) is 0 Å². The maximum absolute atomic E-state index is 5.82. The first-order chi connectivity index (χ1) is 8.65. The highest BCUT2D eigenvalue weighted by molar-refractivity contribution is 9.10. The van der Waals surface area contributed by atoms with E-state index in [1.54, 1.807) is 0 Å². The van der Waals surface area contributed by atoms with Crippen LogP contribution in [-0.4, -0.2) is 0 Å². The highest BCUT2D eigenvalue weighted by atomic mass is 79.9. The number of nitrogen functional groups attached to an aromatic ring is 1. The van der Waals surface area contributed by atoms with Crippen LogP contribution >= 0.6 is 27.5 Å². The molecule has 0 saturated heterocycles. The quantitative estimate of drug-likeness (QED) is 0.845. The van der Waals surface area contributed by atoms with Gasteiger partial charge in [0.05, 0.1) is 13.2 Å². The molecule has 0 saturated carbocycles. The van der Waals surface area contributed by atoms with Gasteiger partial charge < -0.3 is 10.5 Å². The van der Waals surface area contributed by atoms with Crippen LogP contribution in [0.2, 0.25) is 5.02 Å². The summed E-state index contributed by atoms with van der Waals surface area (Å²) < 4.78 is 6.62. The average molecular weight is 327 g/mol. The molecule has 0 amide bonds. The first kappa shape index (κ1) is 13.4. The van der Waals surface area contributed by atoms with Crippen LogP contribution in [-0.2, 0) is 18.0 Å². The van der Waals surface area contributed by atoms with Gasteiger partial charge >= 0.3 is 0 Å². The minimum Gasteiger partial charge on any atom is -0.399 e. The van der Waals surface area contributed by atoms with Crippen molar-refractivity contribution in [3.63, 3.8) is 0 Å². The Hall–Kier alpha value is -1.03. The van der Waals surface area contributed by atoms with Crippen LogP contribution in [0.25, 0.3) is 0 Å². The molecule has 0 fully saturated rings. The third-order valence-electron chi connectivity index (χ3n) is 2.52. The van der Waals surface area contributed by atoms with Crippen LogP contribution < -0.4 is 5.73 Å². The molecule has 0 aromatic heterocycles. The minimum atomic E-state index is 0.545. The van der Waals surface area contributed by atoms with E-state index in [0.717, 1.165) is 26.3 Å². The standard InChI is InChI=1S/C14H13BrClNO/c15-14-7-13(17)6-3-11(14)9-18-8-10-1-4-12(16)5-2-10/h1-7H,8-9,17H2. The first-order valence-electron chi connectivity index (χ1n) is 5.51. The molecular formula is C14H13BrClNO. The van der Waals surface area contributed by atoms with Crippen LogP contribution in [0.5, 0.6) is 0 Å². The van der Waals surface area contributed by atoms with Crippen LogP contribution in [0.3, 0.4) is 0 Å². The fraction of sp³-hybridized carbons (Fsp3) is 0.143. The van der Waals surface area contributed by atoms with Gasteiger partial charge in [-0.1, -0.05) is 45.7 Å². The summed E-state index contributed by atoms with van der Waals surface area (Å²) in [6.45, 7) is 1.11. The van der Waals surface area contributed by atoms with Crippen LogP contribution in [0, 0.1) is 0 Å². The van der Waals surface area contributed by atoms with Crippen LogP contribution in [0.1, 0.15) is 11.1 Å². The topological polar surface area (TPSA) is 35.2 Å². The van der Waals surface area contributed by atoms with Crippen molar-refractivity contribution in [1.82, 2.24) is 0 Å². The molecule has 2 nitrogen and oxygen atoms in total. The number of anilines is 1. The lowest BCUT2D eigenvalue weighted by Crippen LogP contribution is -1.96. The Morgan fingerprint density at radius 3 is 2.44 bits per heavy atom. The Morgan fingerprint density at radius 2 is 1.78 bits per heavy atom. The van der Waals surface area contributed by atoms with Crippen LogP contribution in [0.15, 0.2) is 46.9 Å². The van der Waals surface area contributed by atoms with Gasteiger partial charge in [0.2, 0.25) is 0 Å². The van der Waals surface area contributed by atoms with Crippen molar-refractivity contribution in [2.24, 2.45) is 0 Å². The summed E-state index contributed by atoms with van der Waals surface area (Å²) in [6.07, 6.45) is 0. The van der Waals surface area contributed by atoms with E-state index in [1.165, 1.54) is 0 Å². The molecule has 0 aliphatic carbocycles. The van der Waals surface area contributed by atoms with Crippen molar-refractivity contribution in [1.29, 1.82) is 0 Å². The maximum Gasteiger partial charge on any atom is 0.0732 e. The number of halogens is 2. The van der Waals surface area contributed by atoms with E-state index in [-0.39, 0.29) is 0 Å². The molecule has 0 unspecified atom stereocenters. The van der Waals surface area contributed by atoms with Gasteiger partial charge in [-0.2, -0.15) is 0 Å². The van der Waals surface area contributed by atoms with E-state index in [1.807, 2.05) is 42.5 Å². The Balaban J connectivity index is 1.90. The van der Waals surface area contributed by atoms with Gasteiger partial charge in [0, 0.05) is 15.2 Å². The Labute approximate surface area is 120 Å². The van der Waals surface area contributed by atoms with Crippen LogP contribution in [0.4, 0.5) is 5.69 Å². The monoisotopic (exact) mass is 325 g/mol. The van der Waals surface area contributed by atoms with Gasteiger partial charge in [-0.25, -0.2) is 0 Å². The van der Waals surface area contributed by atoms with Crippen molar-refractivity contribution in [3.8, 4) is 0 Å². The first-order valence-corrected chi connectivity index (χ1v) is 6.68. The fourth-order valence-electron chi connectivity index (χ4n) is 1.54. The Kier molecular flexibility index (Phi) is 4.64. The molecule has 0 heterocycles. The molecule has 18 heavy (non-hydrogen) atoms. The van der Waals surface area contributed by atoms with Crippen molar-refractivity contribution < 1.29 is 4.74 Å². The number of rotatable bonds is 4. The minimum absolute atomic E-state index is 0.545. The summed E-state index contributed by atoms with van der Waals surface area (Å²) in [7, 11) is 0. The van der Waals surface area contributed by atoms with Gasteiger partial charge in [-0.15, -0.1) is 0 Å². The normalized spacial score (nSPS) is 10.6. The number of nitrogens with two attached hydrogens (primary N) is 1. The second-order valence-corrected chi connectivity index (χ2v) is 5.26. The largest absolute Gasteiger partial charge is 0.399 e. The van der Waals surface area contributed by atoms with Gasteiger partial charge in [0.15, 0.2) is 0 Å². The second kappa shape index (κ2) is 6.23. The summed E-state index contributed by atoms with van der Waals surface area (Å²) in [5.41, 5.74) is 8.60. The smallest absolute Gasteiger partial charge is 0.0732 e. The van der Waals surface area contributed by atoms with Crippen molar-refractivity contribution in [2.75, 3.05) is 5.73 Å². The zero-order valence-electron chi connectivity index (χ0n) is 9.70. The molecule has 94 valence electrons. The molecule has 0 aliphatic heterocycles. The zero-order valence-corrected chi connectivity index (χ0v) is 12.0. The zero-order chi connectivity index (χ0) is 13.0. The third-order valence-corrected chi connectivity index (χ3v) is 3.51. The summed E-state index contributed by atoms with van der Waals surface area (Å²) >= 11 is 9.28. The lowest BCUT2D eigenvalue weighted by molar-refractivity contribution is 0.107. The van der Waals surface area contributed by atoms with E-state index in [4.69, 9.17) is 22.1 Å². The van der Waals surface area contributed by atoms with Gasteiger partial charge in [0.1, 0.15) is 0 Å².